The summed E-state index contributed by atoms with van der Waals surface area (Å²) >= 11 is 0. The summed E-state index contributed by atoms with van der Waals surface area (Å²) in [5.74, 6) is 0. The fourth-order valence-corrected chi connectivity index (χ4v) is 1.98. The molecule has 94 valence electrons. The largest absolute Gasteiger partial charge is 0.372 e. The Hall–Kier alpha value is -0.900. The fourth-order valence-electron chi connectivity index (χ4n) is 1.98. The van der Waals surface area contributed by atoms with Crippen LogP contribution in [-0.2, 0) is 16.0 Å². The van der Waals surface area contributed by atoms with Gasteiger partial charge in [0.2, 0.25) is 0 Å². The van der Waals surface area contributed by atoms with Crippen LogP contribution in [-0.4, -0.2) is 18.8 Å². The van der Waals surface area contributed by atoms with Gasteiger partial charge < -0.3 is 4.74 Å². The fraction of sp³-hybridized carbons (Fsp3) is 0.571. The highest BCUT2D eigenvalue weighted by Gasteiger charge is 2.21. The first kappa shape index (κ1) is 12.6. The predicted octanol–water partition coefficient (Wildman–Crippen LogP) is 2.62. The lowest BCUT2D eigenvalue weighted by atomic mass is 9.98. The molecule has 0 aromatic heterocycles. The van der Waals surface area contributed by atoms with Crippen molar-refractivity contribution in [3.8, 4) is 0 Å². The highest BCUT2D eigenvalue weighted by Crippen LogP contribution is 2.26. The van der Waals surface area contributed by atoms with Crippen LogP contribution in [0.4, 0.5) is 0 Å². The number of benzene rings is 1. The lowest BCUT2D eigenvalue weighted by Gasteiger charge is -2.27. The summed E-state index contributed by atoms with van der Waals surface area (Å²) in [5.41, 5.74) is 5.51. The second-order valence-corrected chi connectivity index (χ2v) is 5.37. The van der Waals surface area contributed by atoms with Crippen LogP contribution in [0.2, 0.25) is 0 Å². The molecule has 1 aromatic carbocycles. The quantitative estimate of drug-likeness (QED) is 0.817. The lowest BCUT2D eigenvalue weighted by molar-refractivity contribution is -0.0919. The van der Waals surface area contributed by atoms with E-state index in [2.05, 4.69) is 29.7 Å². The molecule has 1 aliphatic heterocycles. The second-order valence-electron chi connectivity index (χ2n) is 5.37. The monoisotopic (exact) mass is 235 g/mol. The molecule has 0 fully saturated rings. The van der Waals surface area contributed by atoms with Gasteiger partial charge in [0.25, 0.3) is 0 Å². The zero-order chi connectivity index (χ0) is 12.3. The summed E-state index contributed by atoms with van der Waals surface area (Å²) in [6.07, 6.45) is 1.11. The summed E-state index contributed by atoms with van der Waals surface area (Å²) in [6.45, 7) is 7.55. The predicted molar refractivity (Wildman–Crippen MR) is 67.7 cm³/mol. The van der Waals surface area contributed by atoms with Crippen LogP contribution in [0.25, 0.3) is 0 Å². The third-order valence-corrected chi connectivity index (χ3v) is 2.74. The first-order valence-corrected chi connectivity index (χ1v) is 6.16. The standard InChI is InChI=1S/C14H21NO2/c1-14(2,3)17-15-10-13-12-7-5-4-6-11(12)8-9-16-13/h4-7,13,15H,8-10H2,1-3H3. The smallest absolute Gasteiger partial charge is 0.0975 e. The number of hydroxylamine groups is 1. The van der Waals surface area contributed by atoms with Crippen molar-refractivity contribution in [1.29, 1.82) is 0 Å². The molecule has 1 aliphatic rings. The number of hydrogen-bond acceptors (Lipinski definition) is 3. The first-order valence-electron chi connectivity index (χ1n) is 6.16. The Labute approximate surface area is 103 Å². The number of fused-ring (bicyclic) bond motifs is 1. The molecule has 2 rings (SSSR count). The van der Waals surface area contributed by atoms with Crippen LogP contribution in [0.3, 0.4) is 0 Å². The van der Waals surface area contributed by atoms with E-state index in [9.17, 15) is 0 Å². The Morgan fingerprint density at radius 2 is 2.12 bits per heavy atom. The van der Waals surface area contributed by atoms with Crippen LogP contribution >= 0.6 is 0 Å². The molecule has 0 aliphatic carbocycles. The molecule has 1 N–H and O–H groups in total. The summed E-state index contributed by atoms with van der Waals surface area (Å²) < 4.78 is 5.78. The number of hydrogen-bond donors (Lipinski definition) is 1. The molecule has 0 amide bonds. The molecule has 3 nitrogen and oxygen atoms in total. The molecular weight excluding hydrogens is 214 g/mol. The summed E-state index contributed by atoms with van der Waals surface area (Å²) in [5, 5.41) is 0. The van der Waals surface area contributed by atoms with E-state index in [4.69, 9.17) is 9.57 Å². The summed E-state index contributed by atoms with van der Waals surface area (Å²) in [6, 6.07) is 8.46. The van der Waals surface area contributed by atoms with Crippen LogP contribution < -0.4 is 5.48 Å². The number of rotatable bonds is 3. The maximum Gasteiger partial charge on any atom is 0.0975 e. The Morgan fingerprint density at radius 3 is 2.88 bits per heavy atom. The SMILES string of the molecule is CC(C)(C)ONCC1OCCc2ccccc21. The van der Waals surface area contributed by atoms with Crippen molar-refractivity contribution in [3.05, 3.63) is 35.4 Å². The molecule has 0 spiro atoms. The van der Waals surface area contributed by atoms with E-state index in [0.717, 1.165) is 13.0 Å². The second kappa shape index (κ2) is 5.17. The molecule has 0 saturated carbocycles. The van der Waals surface area contributed by atoms with Crippen molar-refractivity contribution in [1.82, 2.24) is 5.48 Å². The van der Waals surface area contributed by atoms with E-state index in [1.54, 1.807) is 0 Å². The molecule has 0 bridgehead atoms. The summed E-state index contributed by atoms with van der Waals surface area (Å²) in [7, 11) is 0. The molecule has 1 aromatic rings. The molecule has 0 radical (unpaired) electrons. The third-order valence-electron chi connectivity index (χ3n) is 2.74. The summed E-state index contributed by atoms with van der Waals surface area (Å²) in [4.78, 5) is 5.52. The average Bonchev–Trinajstić information content (AvgIpc) is 2.28. The molecule has 1 unspecified atom stereocenters. The number of ether oxygens (including phenoxy) is 1. The zero-order valence-corrected chi connectivity index (χ0v) is 10.8. The van der Waals surface area contributed by atoms with Gasteiger partial charge in [0.1, 0.15) is 0 Å². The van der Waals surface area contributed by atoms with Crippen LogP contribution in [0, 0.1) is 0 Å². The maximum absolute atomic E-state index is 5.78. The minimum atomic E-state index is -0.172. The van der Waals surface area contributed by atoms with Crippen LogP contribution in [0.15, 0.2) is 24.3 Å². The van der Waals surface area contributed by atoms with Crippen LogP contribution in [0.1, 0.15) is 38.0 Å². The Balaban J connectivity index is 1.95. The van der Waals surface area contributed by atoms with Gasteiger partial charge in [-0.2, -0.15) is 5.48 Å². The van der Waals surface area contributed by atoms with Gasteiger partial charge >= 0.3 is 0 Å². The van der Waals surface area contributed by atoms with Gasteiger partial charge in [-0.25, -0.2) is 0 Å². The normalized spacial score (nSPS) is 20.1. The van der Waals surface area contributed by atoms with Crippen molar-refractivity contribution in [3.63, 3.8) is 0 Å². The maximum atomic E-state index is 5.78. The minimum Gasteiger partial charge on any atom is -0.372 e. The zero-order valence-electron chi connectivity index (χ0n) is 10.8. The molecule has 3 heteroatoms. The van der Waals surface area contributed by atoms with Gasteiger partial charge in [0.15, 0.2) is 0 Å². The van der Waals surface area contributed by atoms with E-state index in [1.165, 1.54) is 11.1 Å². The average molecular weight is 235 g/mol. The van der Waals surface area contributed by atoms with Gasteiger partial charge in [-0.05, 0) is 38.3 Å². The molecular formula is C14H21NO2. The van der Waals surface area contributed by atoms with Crippen molar-refractivity contribution < 1.29 is 9.57 Å². The van der Waals surface area contributed by atoms with Gasteiger partial charge in [0, 0.05) is 0 Å². The topological polar surface area (TPSA) is 30.5 Å². The first-order chi connectivity index (χ1) is 8.06. The highest BCUT2D eigenvalue weighted by atomic mass is 16.7. The Bertz CT molecular complexity index is 371. The van der Waals surface area contributed by atoms with Crippen molar-refractivity contribution in [2.75, 3.05) is 13.2 Å². The highest BCUT2D eigenvalue weighted by molar-refractivity contribution is 5.31. The van der Waals surface area contributed by atoms with Gasteiger partial charge in [0.05, 0.1) is 24.9 Å². The van der Waals surface area contributed by atoms with Crippen molar-refractivity contribution >= 4 is 0 Å². The Morgan fingerprint density at radius 1 is 1.35 bits per heavy atom. The van der Waals surface area contributed by atoms with Gasteiger partial charge in [-0.1, -0.05) is 24.3 Å². The Kier molecular flexibility index (Phi) is 3.82. The van der Waals surface area contributed by atoms with Crippen LogP contribution in [0.5, 0.6) is 0 Å². The van der Waals surface area contributed by atoms with E-state index >= 15 is 0 Å². The number of nitrogens with one attached hydrogen (secondary N) is 1. The minimum absolute atomic E-state index is 0.0994. The van der Waals surface area contributed by atoms with E-state index in [0.29, 0.717) is 6.54 Å². The van der Waals surface area contributed by atoms with Gasteiger partial charge in [-0.3, -0.25) is 4.84 Å². The molecule has 0 saturated heterocycles. The molecule has 1 atom stereocenters. The van der Waals surface area contributed by atoms with Crippen molar-refractivity contribution in [2.45, 2.75) is 38.9 Å². The third kappa shape index (κ3) is 3.53. The molecule has 17 heavy (non-hydrogen) atoms. The van der Waals surface area contributed by atoms with Crippen molar-refractivity contribution in [2.24, 2.45) is 0 Å². The van der Waals surface area contributed by atoms with E-state index < -0.39 is 0 Å². The van der Waals surface area contributed by atoms with E-state index in [-0.39, 0.29) is 11.7 Å². The lowest BCUT2D eigenvalue weighted by Crippen LogP contribution is -2.34. The molecule has 1 heterocycles. The van der Waals surface area contributed by atoms with E-state index in [1.807, 2.05) is 20.8 Å². The van der Waals surface area contributed by atoms with Gasteiger partial charge in [-0.15, -0.1) is 0 Å².